The zero-order chi connectivity index (χ0) is 21.1. The predicted octanol–water partition coefficient (Wildman–Crippen LogP) is 3.24. The molecule has 0 saturated carbocycles. The van der Waals surface area contributed by atoms with E-state index in [9.17, 15) is 4.79 Å². The molecule has 156 valence electrons. The Bertz CT molecular complexity index is 1090. The van der Waals surface area contributed by atoms with Gasteiger partial charge in [0.25, 0.3) is 0 Å². The summed E-state index contributed by atoms with van der Waals surface area (Å²) in [7, 11) is 1.77. The summed E-state index contributed by atoms with van der Waals surface area (Å²) >= 11 is 4.75. The van der Waals surface area contributed by atoms with E-state index in [0.717, 1.165) is 46.0 Å². The number of nitrogens with one attached hydrogen (secondary N) is 1. The van der Waals surface area contributed by atoms with E-state index < -0.39 is 0 Å². The van der Waals surface area contributed by atoms with Crippen molar-refractivity contribution >= 4 is 41.3 Å². The lowest BCUT2D eigenvalue weighted by molar-refractivity contribution is -0.127. The molecule has 1 fully saturated rings. The number of H-pyrrole nitrogens is 1. The molecule has 3 aromatic rings. The monoisotopic (exact) mass is 423 g/mol. The summed E-state index contributed by atoms with van der Waals surface area (Å²) in [5.41, 5.74) is 2.75. The Morgan fingerprint density at radius 1 is 1.30 bits per heavy atom. The second-order valence-electron chi connectivity index (χ2n) is 7.29. The maximum atomic E-state index is 11.5. The van der Waals surface area contributed by atoms with Crippen LogP contribution in [0, 0.1) is 0 Å². The number of nitrogens with zero attached hydrogens (tertiary/aromatic N) is 4. The van der Waals surface area contributed by atoms with E-state index in [1.54, 1.807) is 18.9 Å². The molecular formula is C22H25N5O2S. The first-order chi connectivity index (χ1) is 14.5. The van der Waals surface area contributed by atoms with Crippen LogP contribution < -0.4 is 4.90 Å². The molecule has 0 unspecified atom stereocenters. The standard InChI is InChI=1S/C22H25N5O2S/c1-15(28)26(2)9-3-4-19-20(30)22(27-10-12-29-13-11-27)25-21(24-19)17-5-6-18-16(14-17)7-8-23-18/h3-8,14,23,30H,9-13H2,1-2H3/b4-3+. The van der Waals surface area contributed by atoms with Gasteiger partial charge in [0.2, 0.25) is 5.91 Å². The number of ether oxygens (including phenoxy) is 1. The highest BCUT2D eigenvalue weighted by molar-refractivity contribution is 7.80. The van der Waals surface area contributed by atoms with E-state index in [1.807, 2.05) is 36.5 Å². The third-order valence-electron chi connectivity index (χ3n) is 5.21. The molecule has 1 aliphatic heterocycles. The predicted molar refractivity (Wildman–Crippen MR) is 122 cm³/mol. The zero-order valence-electron chi connectivity index (χ0n) is 17.1. The van der Waals surface area contributed by atoms with Crippen LogP contribution in [0.1, 0.15) is 12.6 Å². The Hall–Kier alpha value is -2.84. The molecule has 0 bridgehead atoms. The number of morpholine rings is 1. The first-order valence-corrected chi connectivity index (χ1v) is 10.4. The Morgan fingerprint density at radius 3 is 2.87 bits per heavy atom. The number of benzene rings is 1. The molecule has 1 amide bonds. The number of rotatable bonds is 5. The van der Waals surface area contributed by atoms with E-state index in [2.05, 4.69) is 16.0 Å². The van der Waals surface area contributed by atoms with Crippen LogP contribution >= 0.6 is 12.6 Å². The third-order valence-corrected chi connectivity index (χ3v) is 5.64. The summed E-state index contributed by atoms with van der Waals surface area (Å²) in [4.78, 5) is 28.9. The second-order valence-corrected chi connectivity index (χ2v) is 7.73. The molecular weight excluding hydrogens is 398 g/mol. The Kier molecular flexibility index (Phi) is 6.06. The molecule has 0 spiro atoms. The molecule has 0 atom stereocenters. The average Bonchev–Trinajstić information content (AvgIpc) is 3.23. The number of fused-ring (bicyclic) bond motifs is 1. The van der Waals surface area contributed by atoms with E-state index >= 15 is 0 Å². The van der Waals surface area contributed by atoms with Crippen molar-refractivity contribution < 1.29 is 9.53 Å². The number of carbonyl (C=O) groups excluding carboxylic acids is 1. The van der Waals surface area contributed by atoms with Crippen molar-refractivity contribution in [3.63, 3.8) is 0 Å². The summed E-state index contributed by atoms with van der Waals surface area (Å²) in [5, 5.41) is 1.11. The lowest BCUT2D eigenvalue weighted by Crippen LogP contribution is -2.37. The van der Waals surface area contributed by atoms with Gasteiger partial charge in [-0.3, -0.25) is 4.79 Å². The molecule has 4 rings (SSSR count). The average molecular weight is 424 g/mol. The highest BCUT2D eigenvalue weighted by Crippen LogP contribution is 2.30. The minimum absolute atomic E-state index is 0.0166. The minimum Gasteiger partial charge on any atom is -0.378 e. The number of thiol groups is 1. The van der Waals surface area contributed by atoms with Gasteiger partial charge in [0.05, 0.1) is 23.8 Å². The lowest BCUT2D eigenvalue weighted by atomic mass is 10.1. The van der Waals surface area contributed by atoms with Crippen LogP contribution in [-0.2, 0) is 9.53 Å². The van der Waals surface area contributed by atoms with Crippen molar-refractivity contribution in [2.75, 3.05) is 44.8 Å². The number of amides is 1. The van der Waals surface area contributed by atoms with Gasteiger partial charge >= 0.3 is 0 Å². The van der Waals surface area contributed by atoms with Gasteiger partial charge in [0.15, 0.2) is 5.82 Å². The largest absolute Gasteiger partial charge is 0.378 e. The van der Waals surface area contributed by atoms with Crippen molar-refractivity contribution in [3.8, 4) is 11.4 Å². The zero-order valence-corrected chi connectivity index (χ0v) is 18.0. The Balaban J connectivity index is 1.74. The lowest BCUT2D eigenvalue weighted by Gasteiger charge is -2.29. The van der Waals surface area contributed by atoms with Gasteiger partial charge in [-0.15, -0.1) is 12.6 Å². The van der Waals surface area contributed by atoms with E-state index in [-0.39, 0.29) is 5.91 Å². The van der Waals surface area contributed by atoms with E-state index in [4.69, 9.17) is 27.3 Å². The van der Waals surface area contributed by atoms with Crippen LogP contribution in [0.25, 0.3) is 28.4 Å². The summed E-state index contributed by atoms with van der Waals surface area (Å²) in [6.45, 7) is 4.90. The molecule has 0 aliphatic carbocycles. The minimum atomic E-state index is 0.0166. The molecule has 30 heavy (non-hydrogen) atoms. The molecule has 7 nitrogen and oxygen atoms in total. The fourth-order valence-corrected chi connectivity index (χ4v) is 3.66. The normalized spacial score (nSPS) is 14.6. The van der Waals surface area contributed by atoms with Crippen LogP contribution in [0.15, 0.2) is 41.4 Å². The van der Waals surface area contributed by atoms with Crippen molar-refractivity contribution in [2.24, 2.45) is 0 Å². The maximum absolute atomic E-state index is 11.5. The van der Waals surface area contributed by atoms with Crippen LogP contribution in [0.3, 0.4) is 0 Å². The Morgan fingerprint density at radius 2 is 2.10 bits per heavy atom. The van der Waals surface area contributed by atoms with Crippen molar-refractivity contribution in [3.05, 3.63) is 42.2 Å². The first-order valence-electron chi connectivity index (χ1n) is 9.92. The van der Waals surface area contributed by atoms with E-state index in [1.165, 1.54) is 0 Å². The number of anilines is 1. The van der Waals surface area contributed by atoms with Crippen molar-refractivity contribution in [2.45, 2.75) is 11.8 Å². The molecule has 1 saturated heterocycles. The van der Waals surface area contributed by atoms with Gasteiger partial charge in [-0.05, 0) is 30.3 Å². The van der Waals surface area contributed by atoms with Crippen LogP contribution in [0.4, 0.5) is 5.82 Å². The SMILES string of the molecule is CC(=O)N(C)C/C=C/c1nc(-c2ccc3[nH]ccc3c2)nc(N2CCOCC2)c1S. The maximum Gasteiger partial charge on any atom is 0.219 e. The summed E-state index contributed by atoms with van der Waals surface area (Å²) in [6.07, 6.45) is 5.75. The second kappa shape index (κ2) is 8.89. The van der Waals surface area contributed by atoms with Gasteiger partial charge in [-0.2, -0.15) is 0 Å². The van der Waals surface area contributed by atoms with E-state index in [0.29, 0.717) is 25.6 Å². The molecule has 1 aromatic carbocycles. The van der Waals surface area contributed by atoms with Crippen LogP contribution in [-0.4, -0.2) is 65.7 Å². The topological polar surface area (TPSA) is 74.4 Å². The number of aromatic amines is 1. The van der Waals surface area contributed by atoms with Crippen LogP contribution in [0.5, 0.6) is 0 Å². The van der Waals surface area contributed by atoms with Gasteiger partial charge in [0.1, 0.15) is 5.82 Å². The third kappa shape index (κ3) is 4.34. The smallest absolute Gasteiger partial charge is 0.219 e. The number of hydrogen-bond donors (Lipinski definition) is 2. The highest BCUT2D eigenvalue weighted by atomic mass is 32.1. The molecule has 1 N–H and O–H groups in total. The quantitative estimate of drug-likeness (QED) is 0.617. The number of aromatic nitrogens is 3. The van der Waals surface area contributed by atoms with Crippen molar-refractivity contribution in [1.29, 1.82) is 0 Å². The van der Waals surface area contributed by atoms with Crippen molar-refractivity contribution in [1.82, 2.24) is 19.9 Å². The highest BCUT2D eigenvalue weighted by Gasteiger charge is 2.19. The summed E-state index contributed by atoms with van der Waals surface area (Å²) < 4.78 is 5.49. The van der Waals surface area contributed by atoms with Gasteiger partial charge < -0.3 is 19.5 Å². The molecule has 0 radical (unpaired) electrons. The van der Waals surface area contributed by atoms with Crippen LogP contribution in [0.2, 0.25) is 0 Å². The summed E-state index contributed by atoms with van der Waals surface area (Å²) in [5.74, 6) is 1.47. The number of hydrogen-bond acceptors (Lipinski definition) is 6. The Labute approximate surface area is 181 Å². The molecule has 2 aromatic heterocycles. The molecule has 8 heteroatoms. The fraction of sp³-hybridized carbons (Fsp3) is 0.318. The van der Waals surface area contributed by atoms with Gasteiger partial charge in [-0.25, -0.2) is 9.97 Å². The molecule has 1 aliphatic rings. The van der Waals surface area contributed by atoms with Gasteiger partial charge in [-0.1, -0.05) is 6.08 Å². The van der Waals surface area contributed by atoms with Gasteiger partial charge in [0, 0.05) is 56.3 Å². The number of carbonyl (C=O) groups is 1. The fourth-order valence-electron chi connectivity index (χ4n) is 3.34. The summed E-state index contributed by atoms with van der Waals surface area (Å²) in [6, 6.07) is 8.17. The number of likely N-dealkylation sites (N-methyl/N-ethyl adjacent to an activating group) is 1. The first kappa shape index (κ1) is 20.4. The molecule has 3 heterocycles.